The molecule has 0 aliphatic carbocycles. The summed E-state index contributed by atoms with van der Waals surface area (Å²) in [5, 5.41) is 13.0. The van der Waals surface area contributed by atoms with E-state index in [1.807, 2.05) is 89.6 Å². The molecule has 0 atom stereocenters. The van der Waals surface area contributed by atoms with Crippen molar-refractivity contribution in [1.29, 1.82) is 0 Å². The molecule has 0 saturated heterocycles. The van der Waals surface area contributed by atoms with Gasteiger partial charge in [0.1, 0.15) is 0 Å². The van der Waals surface area contributed by atoms with Crippen LogP contribution in [0.15, 0.2) is 89.5 Å². The predicted molar refractivity (Wildman–Crippen MR) is 99.4 cm³/mol. The van der Waals surface area contributed by atoms with Gasteiger partial charge in [-0.25, -0.2) is 4.52 Å². The van der Waals surface area contributed by atoms with Gasteiger partial charge in [-0.05, 0) is 30.3 Å². The summed E-state index contributed by atoms with van der Waals surface area (Å²) in [6, 6.07) is 25.8. The van der Waals surface area contributed by atoms with E-state index >= 15 is 0 Å². The molecule has 2 aromatic carbocycles. The lowest BCUT2D eigenvalue weighted by atomic mass is 10.1. The third-order valence-corrected chi connectivity index (χ3v) is 4.23. The second-order valence-corrected chi connectivity index (χ2v) is 5.96. The van der Waals surface area contributed by atoms with Crippen LogP contribution < -0.4 is 0 Å². The fourth-order valence-corrected chi connectivity index (χ4v) is 2.91. The Balaban J connectivity index is 1.53. The first-order valence-corrected chi connectivity index (χ1v) is 8.31. The Kier molecular flexibility index (Phi) is 3.35. The van der Waals surface area contributed by atoms with Gasteiger partial charge in [-0.15, -0.1) is 10.2 Å². The molecule has 0 aliphatic heterocycles. The zero-order valence-corrected chi connectivity index (χ0v) is 13.8. The smallest absolute Gasteiger partial charge is 0.248 e. The average Bonchev–Trinajstić information content (AvgIpc) is 3.36. The highest BCUT2D eigenvalue weighted by atomic mass is 16.4. The Morgan fingerprint density at radius 3 is 2.04 bits per heavy atom. The van der Waals surface area contributed by atoms with Crippen LogP contribution in [0.2, 0.25) is 0 Å². The van der Waals surface area contributed by atoms with Gasteiger partial charge in [-0.3, -0.25) is 0 Å². The van der Waals surface area contributed by atoms with Crippen LogP contribution in [0.3, 0.4) is 0 Å². The predicted octanol–water partition coefficient (Wildman–Crippen LogP) is 4.72. The highest BCUT2D eigenvalue weighted by Crippen LogP contribution is 2.26. The molecule has 5 nitrogen and oxygen atoms in total. The Bertz CT molecular complexity index is 1180. The number of hydrogen-bond donors (Lipinski definition) is 0. The molecule has 5 rings (SSSR count). The third-order valence-electron chi connectivity index (χ3n) is 4.23. The van der Waals surface area contributed by atoms with Gasteiger partial charge in [-0.1, -0.05) is 48.5 Å². The Morgan fingerprint density at radius 2 is 1.31 bits per heavy atom. The number of fused-ring (bicyclic) bond motifs is 1. The number of rotatable bonds is 3. The van der Waals surface area contributed by atoms with Crippen LogP contribution in [-0.4, -0.2) is 19.8 Å². The maximum absolute atomic E-state index is 5.84. The molecule has 0 unspecified atom stereocenters. The number of benzene rings is 2. The summed E-state index contributed by atoms with van der Waals surface area (Å²) in [5.74, 6) is 1.01. The third kappa shape index (κ3) is 2.56. The van der Waals surface area contributed by atoms with E-state index < -0.39 is 0 Å². The van der Waals surface area contributed by atoms with Crippen molar-refractivity contribution in [2.24, 2.45) is 0 Å². The van der Waals surface area contributed by atoms with Crippen molar-refractivity contribution in [1.82, 2.24) is 19.8 Å². The molecule has 0 amide bonds. The first-order valence-electron chi connectivity index (χ1n) is 8.31. The van der Waals surface area contributed by atoms with Gasteiger partial charge in [0.2, 0.25) is 11.8 Å². The summed E-state index contributed by atoms with van der Waals surface area (Å²) in [7, 11) is 0. The van der Waals surface area contributed by atoms with E-state index in [2.05, 4.69) is 15.3 Å². The normalized spacial score (nSPS) is 11.1. The molecule has 3 aromatic heterocycles. The summed E-state index contributed by atoms with van der Waals surface area (Å²) in [6.07, 6.45) is 1.91. The van der Waals surface area contributed by atoms with Crippen LogP contribution in [-0.2, 0) is 0 Å². The molecule has 0 aliphatic rings. The molecule has 0 spiro atoms. The van der Waals surface area contributed by atoms with Gasteiger partial charge in [0.05, 0.1) is 11.2 Å². The van der Waals surface area contributed by atoms with Gasteiger partial charge in [-0.2, -0.15) is 5.10 Å². The molecular formula is C21H14N4O. The first-order chi connectivity index (χ1) is 12.9. The molecule has 5 aromatic rings. The summed E-state index contributed by atoms with van der Waals surface area (Å²) in [5.41, 5.74) is 4.76. The molecule has 5 heteroatoms. The van der Waals surface area contributed by atoms with Gasteiger partial charge >= 0.3 is 0 Å². The van der Waals surface area contributed by atoms with Crippen molar-refractivity contribution in [3.05, 3.63) is 85.1 Å². The number of nitrogens with zero attached hydrogens (tertiary/aromatic N) is 4. The van der Waals surface area contributed by atoms with E-state index in [0.717, 1.165) is 27.9 Å². The van der Waals surface area contributed by atoms with Crippen LogP contribution in [0.4, 0.5) is 0 Å². The lowest BCUT2D eigenvalue weighted by Gasteiger charge is -1.97. The number of pyridine rings is 1. The summed E-state index contributed by atoms with van der Waals surface area (Å²) < 4.78 is 7.69. The zero-order valence-electron chi connectivity index (χ0n) is 13.8. The first kappa shape index (κ1) is 14.6. The van der Waals surface area contributed by atoms with Crippen LogP contribution >= 0.6 is 0 Å². The minimum absolute atomic E-state index is 0.494. The van der Waals surface area contributed by atoms with Crippen molar-refractivity contribution in [3.63, 3.8) is 0 Å². The van der Waals surface area contributed by atoms with E-state index in [9.17, 15) is 0 Å². The minimum Gasteiger partial charge on any atom is -0.416 e. The van der Waals surface area contributed by atoms with Crippen molar-refractivity contribution in [2.75, 3.05) is 0 Å². The quantitative estimate of drug-likeness (QED) is 0.478. The SMILES string of the molecule is c1ccc(-c2cc3cc(-c4nnc(-c5ccccc5)o4)ccn3n2)cc1. The molecule has 124 valence electrons. The van der Waals surface area contributed by atoms with Crippen molar-refractivity contribution >= 4 is 5.52 Å². The lowest BCUT2D eigenvalue weighted by molar-refractivity contribution is 0.584. The average molecular weight is 338 g/mol. The molecule has 0 N–H and O–H groups in total. The Hall–Kier alpha value is -3.73. The molecule has 3 heterocycles. The van der Waals surface area contributed by atoms with E-state index in [0.29, 0.717) is 11.8 Å². The maximum atomic E-state index is 5.84. The maximum Gasteiger partial charge on any atom is 0.248 e. The van der Waals surface area contributed by atoms with Crippen LogP contribution in [0, 0.1) is 0 Å². The lowest BCUT2D eigenvalue weighted by Crippen LogP contribution is -1.87. The van der Waals surface area contributed by atoms with Crippen LogP contribution in [0.25, 0.3) is 39.7 Å². The van der Waals surface area contributed by atoms with E-state index in [1.54, 1.807) is 0 Å². The highest BCUT2D eigenvalue weighted by molar-refractivity contribution is 5.70. The van der Waals surface area contributed by atoms with E-state index in [4.69, 9.17) is 4.42 Å². The van der Waals surface area contributed by atoms with E-state index in [-0.39, 0.29) is 0 Å². The summed E-state index contributed by atoms with van der Waals surface area (Å²) in [6.45, 7) is 0. The minimum atomic E-state index is 0.494. The highest BCUT2D eigenvalue weighted by Gasteiger charge is 2.12. The van der Waals surface area contributed by atoms with Crippen LogP contribution in [0.5, 0.6) is 0 Å². The van der Waals surface area contributed by atoms with Gasteiger partial charge < -0.3 is 4.42 Å². The largest absolute Gasteiger partial charge is 0.416 e. The molecule has 0 bridgehead atoms. The molecular weight excluding hydrogens is 324 g/mol. The van der Waals surface area contributed by atoms with Gasteiger partial charge in [0.15, 0.2) is 0 Å². The molecule has 0 fully saturated rings. The zero-order chi connectivity index (χ0) is 17.3. The Labute approximate surface area is 149 Å². The number of hydrogen-bond acceptors (Lipinski definition) is 4. The second-order valence-electron chi connectivity index (χ2n) is 5.96. The molecule has 0 radical (unpaired) electrons. The van der Waals surface area contributed by atoms with Crippen molar-refractivity contribution in [2.45, 2.75) is 0 Å². The summed E-state index contributed by atoms with van der Waals surface area (Å²) >= 11 is 0. The molecule has 0 saturated carbocycles. The Morgan fingerprint density at radius 1 is 0.654 bits per heavy atom. The van der Waals surface area contributed by atoms with E-state index in [1.165, 1.54) is 0 Å². The number of aromatic nitrogens is 4. The van der Waals surface area contributed by atoms with Crippen molar-refractivity contribution in [3.8, 4) is 34.2 Å². The monoisotopic (exact) mass is 338 g/mol. The fourth-order valence-electron chi connectivity index (χ4n) is 2.91. The van der Waals surface area contributed by atoms with Crippen LogP contribution in [0.1, 0.15) is 0 Å². The fraction of sp³-hybridized carbons (Fsp3) is 0. The van der Waals surface area contributed by atoms with Crippen molar-refractivity contribution < 1.29 is 4.42 Å². The van der Waals surface area contributed by atoms with Gasteiger partial charge in [0, 0.05) is 22.9 Å². The topological polar surface area (TPSA) is 56.2 Å². The van der Waals surface area contributed by atoms with Gasteiger partial charge in [0.25, 0.3) is 0 Å². The summed E-state index contributed by atoms with van der Waals surface area (Å²) in [4.78, 5) is 0. The standard InChI is InChI=1S/C21H14N4O/c1-3-7-15(8-4-1)19-14-18-13-17(11-12-25(18)24-19)21-23-22-20(26-21)16-9-5-2-6-10-16/h1-14H. The molecule has 26 heavy (non-hydrogen) atoms. The second kappa shape index (κ2) is 5.97.